The fourth-order valence-electron chi connectivity index (χ4n) is 3.40. The molecule has 3 heteroatoms. The molecule has 0 aromatic heterocycles. The summed E-state index contributed by atoms with van der Waals surface area (Å²) in [4.78, 5) is 2.34. The highest BCUT2D eigenvalue weighted by Gasteiger charge is 2.10. The largest absolute Gasteiger partial charge is 0.302 e. The highest BCUT2D eigenvalue weighted by atomic mass is 15.3. The third-order valence-corrected chi connectivity index (χ3v) is 5.06. The molecule has 0 aliphatic carbocycles. The summed E-state index contributed by atoms with van der Waals surface area (Å²) in [5.41, 5.74) is 10.1. The zero-order valence-corrected chi connectivity index (χ0v) is 16.2. The number of hydrazone groups is 1. The van der Waals surface area contributed by atoms with Crippen molar-refractivity contribution in [3.05, 3.63) is 108 Å². The molecule has 0 spiro atoms. The average Bonchev–Trinajstić information content (AvgIpc) is 2.76. The van der Waals surface area contributed by atoms with Gasteiger partial charge in [0.15, 0.2) is 0 Å². The van der Waals surface area contributed by atoms with E-state index in [-0.39, 0.29) is 0 Å². The minimum atomic E-state index is 0.934. The first-order chi connectivity index (χ1) is 13.8. The van der Waals surface area contributed by atoms with E-state index >= 15 is 0 Å². The van der Waals surface area contributed by atoms with Crippen LogP contribution in [-0.2, 0) is 0 Å². The van der Waals surface area contributed by atoms with Gasteiger partial charge in [0.2, 0.25) is 0 Å². The number of rotatable bonds is 5. The highest BCUT2D eigenvalue weighted by Crippen LogP contribution is 2.23. The molecule has 3 nitrogen and oxygen atoms in total. The third-order valence-electron chi connectivity index (χ3n) is 5.06. The van der Waals surface area contributed by atoms with Crippen molar-refractivity contribution in [2.45, 2.75) is 6.42 Å². The van der Waals surface area contributed by atoms with Crippen LogP contribution in [-0.4, -0.2) is 30.7 Å². The summed E-state index contributed by atoms with van der Waals surface area (Å²) in [5, 5.41) is 4.73. The molecule has 1 N–H and O–H groups in total. The second kappa shape index (κ2) is 8.68. The van der Waals surface area contributed by atoms with Gasteiger partial charge in [-0.25, -0.2) is 0 Å². The van der Waals surface area contributed by atoms with Crippen LogP contribution in [0.1, 0.15) is 23.1 Å². The van der Waals surface area contributed by atoms with Gasteiger partial charge in [0.05, 0.1) is 11.4 Å². The van der Waals surface area contributed by atoms with Crippen LogP contribution in [0.15, 0.2) is 96.1 Å². The molecule has 1 heterocycles. The molecule has 140 valence electrons. The van der Waals surface area contributed by atoms with Crippen molar-refractivity contribution >= 4 is 17.0 Å². The Balaban J connectivity index is 1.55. The smallest absolute Gasteiger partial charge is 0.0977 e. The van der Waals surface area contributed by atoms with Crippen molar-refractivity contribution in [1.29, 1.82) is 0 Å². The van der Waals surface area contributed by atoms with Crippen LogP contribution in [0.25, 0.3) is 5.57 Å². The Morgan fingerprint density at radius 2 is 1.43 bits per heavy atom. The second-order valence-corrected chi connectivity index (χ2v) is 7.12. The normalized spacial score (nSPS) is 14.2. The lowest BCUT2D eigenvalue weighted by atomic mass is 9.99. The fourth-order valence-corrected chi connectivity index (χ4v) is 3.40. The molecule has 3 aromatic rings. The van der Waals surface area contributed by atoms with Crippen molar-refractivity contribution < 1.29 is 0 Å². The highest BCUT2D eigenvalue weighted by molar-refractivity contribution is 6.13. The quantitative estimate of drug-likeness (QED) is 0.491. The molecule has 28 heavy (non-hydrogen) atoms. The third kappa shape index (κ3) is 4.38. The van der Waals surface area contributed by atoms with Crippen LogP contribution in [0.3, 0.4) is 0 Å². The Morgan fingerprint density at radius 3 is 1.96 bits per heavy atom. The Kier molecular flexibility index (Phi) is 5.64. The van der Waals surface area contributed by atoms with Crippen molar-refractivity contribution in [1.82, 2.24) is 4.90 Å². The minimum Gasteiger partial charge on any atom is -0.302 e. The molecule has 3 aromatic carbocycles. The molecule has 0 unspecified atom stereocenters. The number of anilines is 1. The van der Waals surface area contributed by atoms with Crippen LogP contribution in [0.2, 0.25) is 0 Å². The van der Waals surface area contributed by atoms with Crippen molar-refractivity contribution in [3.63, 3.8) is 0 Å². The summed E-state index contributed by atoms with van der Waals surface area (Å²) in [7, 11) is 2.16. The van der Waals surface area contributed by atoms with Crippen LogP contribution >= 0.6 is 0 Å². The van der Waals surface area contributed by atoms with Gasteiger partial charge in [-0.15, -0.1) is 0 Å². The van der Waals surface area contributed by atoms with Gasteiger partial charge < -0.3 is 4.90 Å². The maximum Gasteiger partial charge on any atom is 0.0977 e. The van der Waals surface area contributed by atoms with E-state index in [9.17, 15) is 0 Å². The van der Waals surface area contributed by atoms with E-state index in [2.05, 4.69) is 72.0 Å². The Bertz CT molecular complexity index is 916. The first kappa shape index (κ1) is 18.2. The summed E-state index contributed by atoms with van der Waals surface area (Å²) in [6, 6.07) is 29.1. The number of hydrogen-bond donors (Lipinski definition) is 1. The van der Waals surface area contributed by atoms with Gasteiger partial charge in [0.25, 0.3) is 0 Å². The molecule has 0 bridgehead atoms. The minimum absolute atomic E-state index is 0.934. The summed E-state index contributed by atoms with van der Waals surface area (Å²) >= 11 is 0. The summed E-state index contributed by atoms with van der Waals surface area (Å²) in [6.07, 6.45) is 3.43. The standard InChI is InChI=1S/C25H25N3/c1-28-18-16-21(17-19-28)20-12-14-24(15-13-20)26-27-25(22-8-4-2-5-9-22)23-10-6-3-7-11-23/h2-16,26H,17-19H2,1H3. The van der Waals surface area contributed by atoms with Crippen LogP contribution in [0, 0.1) is 0 Å². The van der Waals surface area contributed by atoms with E-state index in [1.165, 1.54) is 11.1 Å². The van der Waals surface area contributed by atoms with Crippen LogP contribution in [0.5, 0.6) is 0 Å². The Labute approximate surface area is 167 Å². The van der Waals surface area contributed by atoms with E-state index in [1.807, 2.05) is 36.4 Å². The van der Waals surface area contributed by atoms with E-state index in [1.54, 1.807) is 0 Å². The molecule has 1 aliphatic heterocycles. The van der Waals surface area contributed by atoms with E-state index < -0.39 is 0 Å². The van der Waals surface area contributed by atoms with Crippen LogP contribution in [0.4, 0.5) is 5.69 Å². The van der Waals surface area contributed by atoms with E-state index in [4.69, 9.17) is 5.10 Å². The molecule has 0 amide bonds. The molecular formula is C25H25N3. The molecule has 0 fully saturated rings. The number of hydrogen-bond acceptors (Lipinski definition) is 3. The Hall–Kier alpha value is -3.17. The molecule has 0 saturated heterocycles. The Morgan fingerprint density at radius 1 is 0.821 bits per heavy atom. The van der Waals surface area contributed by atoms with Gasteiger partial charge >= 0.3 is 0 Å². The predicted molar refractivity (Wildman–Crippen MR) is 119 cm³/mol. The number of nitrogens with zero attached hydrogens (tertiary/aromatic N) is 2. The van der Waals surface area contributed by atoms with Gasteiger partial charge in [-0.1, -0.05) is 78.9 Å². The topological polar surface area (TPSA) is 27.6 Å². The van der Waals surface area contributed by atoms with Crippen LogP contribution < -0.4 is 5.43 Å². The summed E-state index contributed by atoms with van der Waals surface area (Å²) in [6.45, 7) is 2.14. The lowest BCUT2D eigenvalue weighted by Crippen LogP contribution is -2.23. The molecule has 0 radical (unpaired) electrons. The first-order valence-corrected chi connectivity index (χ1v) is 9.72. The van der Waals surface area contributed by atoms with Gasteiger partial charge in [-0.05, 0) is 36.7 Å². The van der Waals surface area contributed by atoms with Crippen molar-refractivity contribution in [3.8, 4) is 0 Å². The maximum absolute atomic E-state index is 4.73. The SMILES string of the molecule is CN1CC=C(c2ccc(NN=C(c3ccccc3)c3ccccc3)cc2)CC1. The van der Waals surface area contributed by atoms with Crippen molar-refractivity contribution in [2.75, 3.05) is 25.6 Å². The van der Waals surface area contributed by atoms with E-state index in [0.717, 1.165) is 42.0 Å². The maximum atomic E-state index is 4.73. The second-order valence-electron chi connectivity index (χ2n) is 7.12. The molecular weight excluding hydrogens is 342 g/mol. The van der Waals surface area contributed by atoms with Gasteiger partial charge in [0.1, 0.15) is 0 Å². The first-order valence-electron chi connectivity index (χ1n) is 9.72. The zero-order valence-electron chi connectivity index (χ0n) is 16.2. The van der Waals surface area contributed by atoms with Crippen molar-refractivity contribution in [2.24, 2.45) is 5.10 Å². The number of nitrogens with one attached hydrogen (secondary N) is 1. The van der Waals surface area contributed by atoms with E-state index in [0.29, 0.717) is 0 Å². The van der Waals surface area contributed by atoms with Gasteiger partial charge in [-0.3, -0.25) is 5.43 Å². The average molecular weight is 367 g/mol. The van der Waals surface area contributed by atoms with Gasteiger partial charge in [0, 0.05) is 24.2 Å². The summed E-state index contributed by atoms with van der Waals surface area (Å²) in [5.74, 6) is 0. The number of benzene rings is 3. The zero-order chi connectivity index (χ0) is 19.2. The summed E-state index contributed by atoms with van der Waals surface area (Å²) < 4.78 is 0. The predicted octanol–water partition coefficient (Wildman–Crippen LogP) is 5.27. The van der Waals surface area contributed by atoms with Gasteiger partial charge in [-0.2, -0.15) is 5.10 Å². The monoisotopic (exact) mass is 367 g/mol. The molecule has 4 rings (SSSR count). The molecule has 1 aliphatic rings. The fraction of sp³-hybridized carbons (Fsp3) is 0.160. The molecule has 0 atom stereocenters. The lowest BCUT2D eigenvalue weighted by molar-refractivity contribution is 0.370. The number of likely N-dealkylation sites (N-methyl/N-ethyl adjacent to an activating group) is 1. The molecule has 0 saturated carbocycles. The lowest BCUT2D eigenvalue weighted by Gasteiger charge is -2.22.